The van der Waals surface area contributed by atoms with Crippen molar-refractivity contribution in [1.82, 2.24) is 0 Å². The molecule has 0 fully saturated rings. The number of nitrogens with two attached hydrogens (primary N) is 1. The SMILES string of the molecule is COCC(C)N(C)c1cc(F)ccc1N. The number of ether oxygens (including phenoxy) is 1. The van der Waals surface area contributed by atoms with Crippen LogP contribution in [0, 0.1) is 5.82 Å². The minimum atomic E-state index is -0.282. The number of hydrogen-bond donors (Lipinski definition) is 1. The molecule has 0 saturated heterocycles. The molecule has 1 unspecified atom stereocenters. The van der Waals surface area contributed by atoms with Crippen molar-refractivity contribution in [2.24, 2.45) is 0 Å². The molecule has 0 aliphatic heterocycles. The van der Waals surface area contributed by atoms with E-state index in [9.17, 15) is 4.39 Å². The van der Waals surface area contributed by atoms with Crippen LogP contribution in [0.2, 0.25) is 0 Å². The van der Waals surface area contributed by atoms with Crippen LogP contribution < -0.4 is 10.6 Å². The van der Waals surface area contributed by atoms with Gasteiger partial charge < -0.3 is 15.4 Å². The van der Waals surface area contributed by atoms with Crippen molar-refractivity contribution in [3.8, 4) is 0 Å². The molecule has 0 radical (unpaired) electrons. The van der Waals surface area contributed by atoms with Gasteiger partial charge >= 0.3 is 0 Å². The lowest BCUT2D eigenvalue weighted by atomic mass is 10.2. The third kappa shape index (κ3) is 2.83. The highest BCUT2D eigenvalue weighted by Crippen LogP contribution is 2.24. The Morgan fingerprint density at radius 2 is 2.20 bits per heavy atom. The van der Waals surface area contributed by atoms with Crippen molar-refractivity contribution in [3.63, 3.8) is 0 Å². The molecule has 0 saturated carbocycles. The topological polar surface area (TPSA) is 38.5 Å². The summed E-state index contributed by atoms with van der Waals surface area (Å²) in [4.78, 5) is 1.90. The van der Waals surface area contributed by atoms with Gasteiger partial charge in [-0.3, -0.25) is 0 Å². The van der Waals surface area contributed by atoms with E-state index >= 15 is 0 Å². The van der Waals surface area contributed by atoms with Gasteiger partial charge in [-0.1, -0.05) is 0 Å². The number of rotatable bonds is 4. The monoisotopic (exact) mass is 212 g/mol. The first-order valence-electron chi connectivity index (χ1n) is 4.83. The number of anilines is 2. The van der Waals surface area contributed by atoms with Crippen LogP contribution in [-0.2, 0) is 4.74 Å². The van der Waals surface area contributed by atoms with Gasteiger partial charge in [-0.25, -0.2) is 4.39 Å². The third-order valence-corrected chi connectivity index (χ3v) is 2.44. The van der Waals surface area contributed by atoms with Crippen LogP contribution in [0.4, 0.5) is 15.8 Å². The van der Waals surface area contributed by atoms with Gasteiger partial charge in [0.25, 0.3) is 0 Å². The Kier molecular flexibility index (Phi) is 3.91. The molecule has 1 atom stereocenters. The summed E-state index contributed by atoms with van der Waals surface area (Å²) in [5.74, 6) is -0.282. The van der Waals surface area contributed by atoms with E-state index in [-0.39, 0.29) is 11.9 Å². The van der Waals surface area contributed by atoms with Gasteiger partial charge in [0, 0.05) is 20.2 Å². The summed E-state index contributed by atoms with van der Waals surface area (Å²) in [6.07, 6.45) is 0. The van der Waals surface area contributed by atoms with Gasteiger partial charge in [-0.15, -0.1) is 0 Å². The summed E-state index contributed by atoms with van der Waals surface area (Å²) in [5.41, 5.74) is 7.04. The second-order valence-corrected chi connectivity index (χ2v) is 3.62. The summed E-state index contributed by atoms with van der Waals surface area (Å²) in [6.45, 7) is 2.57. The molecule has 15 heavy (non-hydrogen) atoms. The smallest absolute Gasteiger partial charge is 0.125 e. The second kappa shape index (κ2) is 4.98. The Morgan fingerprint density at radius 3 is 2.80 bits per heavy atom. The molecule has 84 valence electrons. The zero-order chi connectivity index (χ0) is 11.4. The van der Waals surface area contributed by atoms with Crippen LogP contribution in [-0.4, -0.2) is 26.8 Å². The summed E-state index contributed by atoms with van der Waals surface area (Å²) < 4.78 is 18.1. The summed E-state index contributed by atoms with van der Waals surface area (Å²) in [7, 11) is 3.51. The van der Waals surface area contributed by atoms with Crippen molar-refractivity contribution < 1.29 is 9.13 Å². The highest BCUT2D eigenvalue weighted by Gasteiger charge is 2.12. The van der Waals surface area contributed by atoms with E-state index in [0.29, 0.717) is 18.0 Å². The number of hydrogen-bond acceptors (Lipinski definition) is 3. The Hall–Kier alpha value is -1.29. The van der Waals surface area contributed by atoms with Crippen LogP contribution in [0.5, 0.6) is 0 Å². The summed E-state index contributed by atoms with van der Waals surface area (Å²) >= 11 is 0. The lowest BCUT2D eigenvalue weighted by molar-refractivity contribution is 0.183. The molecule has 1 aromatic rings. The van der Waals surface area contributed by atoms with Crippen molar-refractivity contribution >= 4 is 11.4 Å². The van der Waals surface area contributed by atoms with E-state index in [1.807, 2.05) is 18.9 Å². The van der Waals surface area contributed by atoms with E-state index in [4.69, 9.17) is 10.5 Å². The maximum Gasteiger partial charge on any atom is 0.125 e. The van der Waals surface area contributed by atoms with Crippen molar-refractivity contribution in [2.75, 3.05) is 31.4 Å². The average molecular weight is 212 g/mol. The maximum absolute atomic E-state index is 13.0. The fraction of sp³-hybridized carbons (Fsp3) is 0.455. The first-order chi connectivity index (χ1) is 7.06. The molecule has 0 bridgehead atoms. The van der Waals surface area contributed by atoms with Gasteiger partial charge in [-0.2, -0.15) is 0 Å². The molecule has 1 rings (SSSR count). The number of halogens is 1. The highest BCUT2D eigenvalue weighted by atomic mass is 19.1. The van der Waals surface area contributed by atoms with E-state index in [1.54, 1.807) is 13.2 Å². The lowest BCUT2D eigenvalue weighted by Gasteiger charge is -2.27. The number of nitrogens with zero attached hydrogens (tertiary/aromatic N) is 1. The molecular formula is C11H17FN2O. The predicted molar refractivity (Wildman–Crippen MR) is 60.6 cm³/mol. The standard InChI is InChI=1S/C11H17FN2O/c1-8(7-15-3)14(2)11-6-9(12)4-5-10(11)13/h4-6,8H,7,13H2,1-3H3. The normalized spacial score (nSPS) is 12.5. The van der Waals surface area contributed by atoms with E-state index in [0.717, 1.165) is 0 Å². The largest absolute Gasteiger partial charge is 0.397 e. The van der Waals surface area contributed by atoms with Crippen molar-refractivity contribution in [2.45, 2.75) is 13.0 Å². The molecule has 0 spiro atoms. The minimum absolute atomic E-state index is 0.152. The quantitative estimate of drug-likeness (QED) is 0.774. The van der Waals surface area contributed by atoms with Gasteiger partial charge in [0.15, 0.2) is 0 Å². The molecule has 0 amide bonds. The van der Waals surface area contributed by atoms with Gasteiger partial charge in [0.2, 0.25) is 0 Å². The van der Waals surface area contributed by atoms with Crippen molar-refractivity contribution in [3.05, 3.63) is 24.0 Å². The molecule has 0 aromatic heterocycles. The first kappa shape index (κ1) is 11.8. The number of methoxy groups -OCH3 is 1. The van der Waals surface area contributed by atoms with Crippen LogP contribution in [0.15, 0.2) is 18.2 Å². The molecule has 1 aromatic carbocycles. The van der Waals surface area contributed by atoms with Crippen molar-refractivity contribution in [1.29, 1.82) is 0 Å². The van der Waals surface area contributed by atoms with Crippen LogP contribution in [0.3, 0.4) is 0 Å². The molecule has 0 heterocycles. The van der Waals surface area contributed by atoms with Gasteiger partial charge in [-0.05, 0) is 25.1 Å². The van der Waals surface area contributed by atoms with Gasteiger partial charge in [0.05, 0.1) is 18.0 Å². The molecule has 3 nitrogen and oxygen atoms in total. The highest BCUT2D eigenvalue weighted by molar-refractivity contribution is 5.67. The Labute approximate surface area is 89.6 Å². The molecule has 0 aliphatic carbocycles. The zero-order valence-electron chi connectivity index (χ0n) is 9.33. The number of likely N-dealkylation sites (N-methyl/N-ethyl adjacent to an activating group) is 1. The van der Waals surface area contributed by atoms with E-state index in [1.165, 1.54) is 12.1 Å². The fourth-order valence-electron chi connectivity index (χ4n) is 1.41. The van der Waals surface area contributed by atoms with Crippen LogP contribution in [0.1, 0.15) is 6.92 Å². The Balaban J connectivity index is 2.89. The molecule has 2 N–H and O–H groups in total. The summed E-state index contributed by atoms with van der Waals surface area (Å²) in [6, 6.07) is 4.51. The number of benzene rings is 1. The maximum atomic E-state index is 13.0. The first-order valence-corrected chi connectivity index (χ1v) is 4.83. The Bertz CT molecular complexity index is 330. The van der Waals surface area contributed by atoms with Gasteiger partial charge in [0.1, 0.15) is 5.82 Å². The van der Waals surface area contributed by atoms with E-state index < -0.39 is 0 Å². The number of nitrogen functional groups attached to an aromatic ring is 1. The molecular weight excluding hydrogens is 195 g/mol. The zero-order valence-corrected chi connectivity index (χ0v) is 9.33. The fourth-order valence-corrected chi connectivity index (χ4v) is 1.41. The van der Waals surface area contributed by atoms with Crippen LogP contribution in [0.25, 0.3) is 0 Å². The second-order valence-electron chi connectivity index (χ2n) is 3.62. The minimum Gasteiger partial charge on any atom is -0.397 e. The van der Waals surface area contributed by atoms with Crippen LogP contribution >= 0.6 is 0 Å². The molecule has 4 heteroatoms. The average Bonchev–Trinajstić information content (AvgIpc) is 2.21. The third-order valence-electron chi connectivity index (χ3n) is 2.44. The molecule has 0 aliphatic rings. The lowest BCUT2D eigenvalue weighted by Crippen LogP contribution is -2.33. The van der Waals surface area contributed by atoms with E-state index in [2.05, 4.69) is 0 Å². The Morgan fingerprint density at radius 1 is 1.53 bits per heavy atom. The predicted octanol–water partition coefficient (Wildman–Crippen LogP) is 1.88. The summed E-state index contributed by atoms with van der Waals surface area (Å²) in [5, 5.41) is 0.